The lowest BCUT2D eigenvalue weighted by Crippen LogP contribution is -2.38. The first kappa shape index (κ1) is 21.0. The van der Waals surface area contributed by atoms with Gasteiger partial charge in [0.25, 0.3) is 0 Å². The molecule has 1 aromatic rings. The second kappa shape index (κ2) is 9.57. The number of carbonyl (C=O) groups excluding carboxylic acids is 1. The van der Waals surface area contributed by atoms with E-state index in [1.165, 1.54) is 0 Å². The third-order valence-electron chi connectivity index (χ3n) is 3.90. The zero-order valence-electron chi connectivity index (χ0n) is 16.1. The van der Waals surface area contributed by atoms with Gasteiger partial charge in [0, 0.05) is 19.6 Å². The molecule has 8 heteroatoms. The number of hydrogen-bond acceptors (Lipinski definition) is 6. The molecule has 1 aliphatic rings. The van der Waals surface area contributed by atoms with Crippen LogP contribution in [0, 0.1) is 0 Å². The number of ether oxygens (including phenoxy) is 3. The summed E-state index contributed by atoms with van der Waals surface area (Å²) in [6, 6.07) is 5.45. The molecule has 0 bridgehead atoms. The Hall–Kier alpha value is -2.32. The van der Waals surface area contributed by atoms with Gasteiger partial charge in [-0.2, -0.15) is 0 Å². The zero-order chi connectivity index (χ0) is 19.9. The molecule has 0 radical (unpaired) electrons. The van der Waals surface area contributed by atoms with Gasteiger partial charge in [-0.25, -0.2) is 9.59 Å². The fourth-order valence-corrected chi connectivity index (χ4v) is 2.59. The van der Waals surface area contributed by atoms with Gasteiger partial charge in [-0.05, 0) is 38.5 Å². The summed E-state index contributed by atoms with van der Waals surface area (Å²) in [6.45, 7) is 9.78. The van der Waals surface area contributed by atoms with Crippen molar-refractivity contribution in [2.24, 2.45) is 0 Å². The van der Waals surface area contributed by atoms with Crippen LogP contribution in [0.4, 0.5) is 4.79 Å². The Morgan fingerprint density at radius 1 is 1.22 bits per heavy atom. The number of rotatable bonds is 7. The van der Waals surface area contributed by atoms with Crippen molar-refractivity contribution in [3.63, 3.8) is 0 Å². The summed E-state index contributed by atoms with van der Waals surface area (Å²) < 4.78 is 16.1. The van der Waals surface area contributed by atoms with Gasteiger partial charge in [-0.15, -0.1) is 0 Å². The van der Waals surface area contributed by atoms with Crippen LogP contribution in [-0.4, -0.2) is 67.1 Å². The van der Waals surface area contributed by atoms with E-state index in [-0.39, 0.29) is 0 Å². The van der Waals surface area contributed by atoms with Crippen molar-refractivity contribution < 1.29 is 28.9 Å². The van der Waals surface area contributed by atoms with Crippen LogP contribution in [-0.2, 0) is 14.3 Å². The lowest BCUT2D eigenvalue weighted by Gasteiger charge is -2.26. The topological polar surface area (TPSA) is 97.3 Å². The minimum Gasteiger partial charge on any atom is -0.492 e. The molecule has 8 nitrogen and oxygen atoms in total. The average Bonchev–Trinajstić information content (AvgIpc) is 2.60. The van der Waals surface area contributed by atoms with Crippen molar-refractivity contribution in [1.29, 1.82) is 0 Å². The smallest absolute Gasteiger partial charge is 0.408 e. The summed E-state index contributed by atoms with van der Waals surface area (Å²) in [5.41, 5.74) is -0.264. The Morgan fingerprint density at radius 2 is 1.85 bits per heavy atom. The second-order valence-electron chi connectivity index (χ2n) is 7.29. The van der Waals surface area contributed by atoms with Gasteiger partial charge in [0.2, 0.25) is 0 Å². The molecule has 1 aliphatic heterocycles. The molecule has 27 heavy (non-hydrogen) atoms. The van der Waals surface area contributed by atoms with E-state index in [1.54, 1.807) is 45.0 Å². The molecule has 1 fully saturated rings. The van der Waals surface area contributed by atoms with Crippen molar-refractivity contribution in [3.05, 3.63) is 29.8 Å². The Labute approximate surface area is 159 Å². The van der Waals surface area contributed by atoms with Crippen LogP contribution < -0.4 is 10.1 Å². The number of carboxylic acids is 1. The second-order valence-corrected chi connectivity index (χ2v) is 7.29. The number of morpholine rings is 1. The Bertz CT molecular complexity index is 620. The summed E-state index contributed by atoms with van der Waals surface area (Å²) in [6.07, 6.45) is -0.777. The van der Waals surface area contributed by atoms with Crippen LogP contribution >= 0.6 is 0 Å². The highest BCUT2D eigenvalue weighted by molar-refractivity contribution is 5.81. The molecular formula is C19H28N2O6. The van der Waals surface area contributed by atoms with Crippen LogP contribution in [0.5, 0.6) is 5.75 Å². The summed E-state index contributed by atoms with van der Waals surface area (Å²) in [4.78, 5) is 25.7. The standard InChI is InChI=1S/C19H28N2O6/c1-19(2,3)27-18(24)20-16(17(22)23)14-4-6-15(7-5-14)26-13-10-21-8-11-25-12-9-21/h4-7,16H,8-13H2,1-3H3,(H,20,24)(H,22,23)/t16-/m0/s1. The third-order valence-corrected chi connectivity index (χ3v) is 3.90. The molecule has 2 rings (SSSR count). The van der Waals surface area contributed by atoms with Crippen LogP contribution in [0.25, 0.3) is 0 Å². The first-order chi connectivity index (χ1) is 12.7. The van der Waals surface area contributed by atoms with Crippen molar-refractivity contribution in [1.82, 2.24) is 10.2 Å². The van der Waals surface area contributed by atoms with Crippen LogP contribution in [0.2, 0.25) is 0 Å². The number of amides is 1. The fourth-order valence-electron chi connectivity index (χ4n) is 2.59. The van der Waals surface area contributed by atoms with Gasteiger partial charge in [-0.3, -0.25) is 4.90 Å². The molecular weight excluding hydrogens is 352 g/mol. The minimum absolute atomic E-state index is 0.439. The number of nitrogens with one attached hydrogen (secondary N) is 1. The lowest BCUT2D eigenvalue weighted by molar-refractivity contribution is -0.139. The largest absolute Gasteiger partial charge is 0.492 e. The number of carboxylic acid groups (broad SMARTS) is 1. The van der Waals surface area contributed by atoms with E-state index in [9.17, 15) is 14.7 Å². The monoisotopic (exact) mass is 380 g/mol. The number of benzene rings is 1. The average molecular weight is 380 g/mol. The van der Waals surface area contributed by atoms with Gasteiger partial charge in [0.15, 0.2) is 6.04 Å². The zero-order valence-corrected chi connectivity index (χ0v) is 16.1. The normalized spacial score (nSPS) is 16.4. The Morgan fingerprint density at radius 3 is 2.41 bits per heavy atom. The first-order valence-corrected chi connectivity index (χ1v) is 9.00. The van der Waals surface area contributed by atoms with E-state index >= 15 is 0 Å². The third kappa shape index (κ3) is 7.44. The number of nitrogens with zero attached hydrogens (tertiary/aromatic N) is 1. The molecule has 1 saturated heterocycles. The number of alkyl carbamates (subject to hydrolysis) is 1. The molecule has 0 aliphatic carbocycles. The van der Waals surface area contributed by atoms with Crippen molar-refractivity contribution in [2.45, 2.75) is 32.4 Å². The molecule has 0 saturated carbocycles. The molecule has 0 aromatic heterocycles. The minimum atomic E-state index is -1.19. The Kier molecular flexibility index (Phi) is 7.44. The van der Waals surface area contributed by atoms with E-state index in [2.05, 4.69) is 10.2 Å². The predicted octanol–water partition coefficient (Wildman–Crippen LogP) is 2.05. The molecule has 2 N–H and O–H groups in total. The van der Waals surface area contributed by atoms with E-state index in [4.69, 9.17) is 14.2 Å². The van der Waals surface area contributed by atoms with E-state index in [1.807, 2.05) is 0 Å². The molecule has 150 valence electrons. The van der Waals surface area contributed by atoms with Crippen molar-refractivity contribution >= 4 is 12.1 Å². The molecule has 1 atom stereocenters. The maximum absolute atomic E-state index is 11.9. The first-order valence-electron chi connectivity index (χ1n) is 9.00. The van der Waals surface area contributed by atoms with Gasteiger partial charge in [-0.1, -0.05) is 12.1 Å². The highest BCUT2D eigenvalue weighted by Crippen LogP contribution is 2.19. The van der Waals surface area contributed by atoms with Crippen LogP contribution in [0.15, 0.2) is 24.3 Å². The van der Waals surface area contributed by atoms with Gasteiger partial charge in [0.1, 0.15) is 18.0 Å². The Balaban J connectivity index is 1.88. The van der Waals surface area contributed by atoms with Crippen molar-refractivity contribution in [2.75, 3.05) is 39.5 Å². The summed E-state index contributed by atoms with van der Waals surface area (Å²) in [5, 5.41) is 11.8. The summed E-state index contributed by atoms with van der Waals surface area (Å²) >= 11 is 0. The SMILES string of the molecule is CC(C)(C)OC(=O)N[C@H](C(=O)O)c1ccc(OCCN2CCOCC2)cc1. The number of carbonyl (C=O) groups is 2. The maximum atomic E-state index is 11.9. The van der Waals surface area contributed by atoms with E-state index in [0.717, 1.165) is 32.8 Å². The lowest BCUT2D eigenvalue weighted by atomic mass is 10.1. The van der Waals surface area contributed by atoms with Gasteiger partial charge in [0.05, 0.1) is 13.2 Å². The molecule has 0 unspecified atom stereocenters. The fraction of sp³-hybridized carbons (Fsp3) is 0.579. The van der Waals surface area contributed by atoms with E-state index < -0.39 is 23.7 Å². The summed E-state index contributed by atoms with van der Waals surface area (Å²) in [7, 11) is 0. The van der Waals surface area contributed by atoms with Crippen LogP contribution in [0.1, 0.15) is 32.4 Å². The molecule has 0 spiro atoms. The van der Waals surface area contributed by atoms with Crippen molar-refractivity contribution in [3.8, 4) is 5.75 Å². The molecule has 1 aromatic carbocycles. The number of aliphatic carboxylic acids is 1. The number of hydrogen-bond donors (Lipinski definition) is 2. The van der Waals surface area contributed by atoms with Gasteiger partial charge < -0.3 is 24.6 Å². The maximum Gasteiger partial charge on any atom is 0.408 e. The molecule has 1 amide bonds. The summed E-state index contributed by atoms with van der Waals surface area (Å²) in [5.74, 6) is -0.518. The molecule has 1 heterocycles. The highest BCUT2D eigenvalue weighted by atomic mass is 16.6. The van der Waals surface area contributed by atoms with E-state index in [0.29, 0.717) is 17.9 Å². The van der Waals surface area contributed by atoms with Gasteiger partial charge >= 0.3 is 12.1 Å². The highest BCUT2D eigenvalue weighted by Gasteiger charge is 2.25. The van der Waals surface area contributed by atoms with Crippen LogP contribution in [0.3, 0.4) is 0 Å². The quantitative estimate of drug-likeness (QED) is 0.747. The predicted molar refractivity (Wildman–Crippen MR) is 98.9 cm³/mol.